The highest BCUT2D eigenvalue weighted by molar-refractivity contribution is 5.82. The molecular formula is C16H20FNO2. The van der Waals surface area contributed by atoms with E-state index in [2.05, 4.69) is 4.90 Å². The number of hydrogen-bond acceptors (Lipinski definition) is 3. The van der Waals surface area contributed by atoms with Crippen molar-refractivity contribution in [2.45, 2.75) is 25.4 Å². The summed E-state index contributed by atoms with van der Waals surface area (Å²) in [5.74, 6) is 0.599. The molecule has 1 aliphatic heterocycles. The lowest BCUT2D eigenvalue weighted by Gasteiger charge is -2.17. The van der Waals surface area contributed by atoms with Crippen molar-refractivity contribution in [1.29, 1.82) is 0 Å². The Hall–Kier alpha value is -1.26. The number of hydrogen-bond donors (Lipinski definition) is 1. The normalized spacial score (nSPS) is 29.6. The van der Waals surface area contributed by atoms with Crippen LogP contribution in [0.15, 0.2) is 24.3 Å². The second-order valence-corrected chi connectivity index (χ2v) is 6.07. The standard InChI is InChI=1S/C16H20FNO2/c17-15-4-2-1-3-11(15)7-13(19)9-18-8-12-5-6-16(20)14(12)10-18/h1-4,12,14,16,20H,5-10H2. The van der Waals surface area contributed by atoms with Crippen molar-refractivity contribution in [3.63, 3.8) is 0 Å². The molecule has 3 rings (SSSR count). The number of aliphatic hydroxyl groups excluding tert-OH is 1. The first-order valence-corrected chi connectivity index (χ1v) is 7.29. The van der Waals surface area contributed by atoms with Gasteiger partial charge in [-0.1, -0.05) is 18.2 Å². The lowest BCUT2D eigenvalue weighted by atomic mass is 10.00. The van der Waals surface area contributed by atoms with Gasteiger partial charge in [-0.25, -0.2) is 4.39 Å². The van der Waals surface area contributed by atoms with Crippen LogP contribution in [0.3, 0.4) is 0 Å². The molecule has 1 aromatic rings. The second-order valence-electron chi connectivity index (χ2n) is 6.07. The Morgan fingerprint density at radius 3 is 2.85 bits per heavy atom. The van der Waals surface area contributed by atoms with Gasteiger partial charge in [-0.3, -0.25) is 9.69 Å². The highest BCUT2D eigenvalue weighted by atomic mass is 19.1. The largest absolute Gasteiger partial charge is 0.393 e. The van der Waals surface area contributed by atoms with Crippen molar-refractivity contribution >= 4 is 5.78 Å². The van der Waals surface area contributed by atoms with Crippen LogP contribution in [0.5, 0.6) is 0 Å². The molecule has 1 aromatic carbocycles. The van der Waals surface area contributed by atoms with E-state index in [4.69, 9.17) is 0 Å². The average molecular weight is 277 g/mol. The lowest BCUT2D eigenvalue weighted by Crippen LogP contribution is -2.31. The first kappa shape index (κ1) is 13.7. The molecule has 3 nitrogen and oxygen atoms in total. The number of rotatable bonds is 4. The van der Waals surface area contributed by atoms with Gasteiger partial charge in [0.2, 0.25) is 0 Å². The van der Waals surface area contributed by atoms with Gasteiger partial charge in [0.1, 0.15) is 5.82 Å². The molecule has 1 heterocycles. The molecule has 0 bridgehead atoms. The van der Waals surface area contributed by atoms with E-state index in [0.29, 0.717) is 23.9 Å². The number of fused-ring (bicyclic) bond motifs is 1. The summed E-state index contributed by atoms with van der Waals surface area (Å²) < 4.78 is 13.5. The predicted octanol–water partition coefficient (Wildman–Crippen LogP) is 1.64. The van der Waals surface area contributed by atoms with Crippen LogP contribution in [-0.2, 0) is 11.2 Å². The van der Waals surface area contributed by atoms with Gasteiger partial charge in [0.05, 0.1) is 12.6 Å². The maximum atomic E-state index is 13.5. The summed E-state index contributed by atoms with van der Waals surface area (Å²) >= 11 is 0. The Morgan fingerprint density at radius 2 is 2.10 bits per heavy atom. The molecule has 108 valence electrons. The van der Waals surface area contributed by atoms with E-state index < -0.39 is 0 Å². The number of carbonyl (C=O) groups is 1. The monoisotopic (exact) mass is 277 g/mol. The number of aliphatic hydroxyl groups is 1. The summed E-state index contributed by atoms with van der Waals surface area (Å²) in [6.45, 7) is 2.06. The average Bonchev–Trinajstić information content (AvgIpc) is 2.95. The van der Waals surface area contributed by atoms with Gasteiger partial charge in [-0.2, -0.15) is 0 Å². The molecule has 4 heteroatoms. The SMILES string of the molecule is O=C(Cc1ccccc1F)CN1CC2CCC(O)C2C1. The van der Waals surface area contributed by atoms with Crippen LogP contribution < -0.4 is 0 Å². The molecule has 1 aliphatic carbocycles. The highest BCUT2D eigenvalue weighted by Gasteiger charge is 2.41. The minimum absolute atomic E-state index is 0.0459. The summed E-state index contributed by atoms with van der Waals surface area (Å²) in [4.78, 5) is 14.2. The number of benzene rings is 1. The van der Waals surface area contributed by atoms with Crippen LogP contribution in [0.4, 0.5) is 4.39 Å². The van der Waals surface area contributed by atoms with Gasteiger partial charge in [-0.05, 0) is 30.4 Å². The Kier molecular flexibility index (Phi) is 3.85. The Balaban J connectivity index is 1.54. The first-order chi connectivity index (χ1) is 9.63. The number of Topliss-reactive ketones (excluding diaryl/α,β-unsaturated/α-hetero) is 1. The third kappa shape index (κ3) is 2.76. The molecule has 3 unspecified atom stereocenters. The van der Waals surface area contributed by atoms with Gasteiger partial charge < -0.3 is 5.11 Å². The van der Waals surface area contributed by atoms with Crippen molar-refractivity contribution < 1.29 is 14.3 Å². The van der Waals surface area contributed by atoms with E-state index in [1.165, 1.54) is 6.07 Å². The van der Waals surface area contributed by atoms with Crippen LogP contribution in [0.2, 0.25) is 0 Å². The maximum absolute atomic E-state index is 13.5. The van der Waals surface area contributed by atoms with E-state index >= 15 is 0 Å². The molecule has 1 saturated heterocycles. The number of nitrogens with zero attached hydrogens (tertiary/aromatic N) is 1. The third-order valence-electron chi connectivity index (χ3n) is 4.64. The summed E-state index contributed by atoms with van der Waals surface area (Å²) in [5.41, 5.74) is 0.469. The fourth-order valence-electron chi connectivity index (χ4n) is 3.62. The fourth-order valence-corrected chi connectivity index (χ4v) is 3.62. The zero-order valence-electron chi connectivity index (χ0n) is 11.5. The van der Waals surface area contributed by atoms with Crippen molar-refractivity contribution in [1.82, 2.24) is 4.90 Å². The molecule has 2 fully saturated rings. The molecule has 0 amide bonds. The second kappa shape index (κ2) is 5.62. The van der Waals surface area contributed by atoms with Crippen molar-refractivity contribution in [3.05, 3.63) is 35.6 Å². The van der Waals surface area contributed by atoms with E-state index in [1.54, 1.807) is 18.2 Å². The topological polar surface area (TPSA) is 40.5 Å². The maximum Gasteiger partial charge on any atom is 0.151 e. The van der Waals surface area contributed by atoms with Crippen molar-refractivity contribution in [2.75, 3.05) is 19.6 Å². The third-order valence-corrected chi connectivity index (χ3v) is 4.64. The summed E-state index contributed by atoms with van der Waals surface area (Å²) in [5, 5.41) is 9.86. The molecular weight excluding hydrogens is 257 g/mol. The van der Waals surface area contributed by atoms with Crippen LogP contribution in [0.25, 0.3) is 0 Å². The van der Waals surface area contributed by atoms with Crippen molar-refractivity contribution in [3.8, 4) is 0 Å². The number of halogens is 1. The predicted molar refractivity (Wildman–Crippen MR) is 73.8 cm³/mol. The van der Waals surface area contributed by atoms with Crippen LogP contribution >= 0.6 is 0 Å². The fraction of sp³-hybridized carbons (Fsp3) is 0.562. The molecule has 2 aliphatic rings. The summed E-state index contributed by atoms with van der Waals surface area (Å²) in [6.07, 6.45) is 1.91. The van der Waals surface area contributed by atoms with Gasteiger partial charge >= 0.3 is 0 Å². The van der Waals surface area contributed by atoms with Crippen LogP contribution in [0, 0.1) is 17.7 Å². The molecule has 3 atom stereocenters. The molecule has 20 heavy (non-hydrogen) atoms. The quantitative estimate of drug-likeness (QED) is 0.909. The van der Waals surface area contributed by atoms with Gasteiger partial charge in [-0.15, -0.1) is 0 Å². The van der Waals surface area contributed by atoms with Crippen molar-refractivity contribution in [2.24, 2.45) is 11.8 Å². The van der Waals surface area contributed by atoms with E-state index in [-0.39, 0.29) is 24.1 Å². The zero-order valence-corrected chi connectivity index (χ0v) is 11.5. The first-order valence-electron chi connectivity index (χ1n) is 7.29. The summed E-state index contributed by atoms with van der Waals surface area (Å²) in [6, 6.07) is 6.43. The van der Waals surface area contributed by atoms with E-state index in [0.717, 1.165) is 25.9 Å². The smallest absolute Gasteiger partial charge is 0.151 e. The molecule has 0 spiro atoms. The number of ketones is 1. The van der Waals surface area contributed by atoms with Gasteiger partial charge in [0.25, 0.3) is 0 Å². The Morgan fingerprint density at radius 1 is 1.30 bits per heavy atom. The molecule has 0 aromatic heterocycles. The summed E-state index contributed by atoms with van der Waals surface area (Å²) in [7, 11) is 0. The minimum Gasteiger partial charge on any atom is -0.393 e. The van der Waals surface area contributed by atoms with Gasteiger partial charge in [0.15, 0.2) is 5.78 Å². The highest BCUT2D eigenvalue weighted by Crippen LogP contribution is 2.37. The van der Waals surface area contributed by atoms with E-state index in [9.17, 15) is 14.3 Å². The molecule has 1 N–H and O–H groups in total. The van der Waals surface area contributed by atoms with E-state index in [1.807, 2.05) is 0 Å². The van der Waals surface area contributed by atoms with Crippen LogP contribution in [0.1, 0.15) is 18.4 Å². The van der Waals surface area contributed by atoms with Gasteiger partial charge in [0, 0.05) is 25.4 Å². The molecule has 1 saturated carbocycles. The van der Waals surface area contributed by atoms with Crippen LogP contribution in [-0.4, -0.2) is 41.5 Å². The lowest BCUT2D eigenvalue weighted by molar-refractivity contribution is -0.119. The number of likely N-dealkylation sites (tertiary alicyclic amines) is 1. The Bertz CT molecular complexity index is 505. The minimum atomic E-state index is -0.311. The zero-order chi connectivity index (χ0) is 14.1. The number of carbonyl (C=O) groups excluding carboxylic acids is 1. The Labute approximate surface area is 118 Å². The molecule has 0 radical (unpaired) electrons.